The second-order valence-corrected chi connectivity index (χ2v) is 7.03. The number of nitro groups is 1. The van der Waals surface area contributed by atoms with Crippen molar-refractivity contribution in [3.05, 3.63) is 91.7 Å². The lowest BCUT2D eigenvalue weighted by Crippen LogP contribution is -2.18. The zero-order valence-corrected chi connectivity index (χ0v) is 16.9. The van der Waals surface area contributed by atoms with E-state index in [4.69, 9.17) is 11.6 Å². The number of carbonyl (C=O) groups is 1. The Balaban J connectivity index is 1.79. The molecular weight excluding hydrogens is 392 g/mol. The highest BCUT2D eigenvalue weighted by atomic mass is 35.5. The van der Waals surface area contributed by atoms with Crippen molar-refractivity contribution in [2.24, 2.45) is 5.10 Å². The molecular formula is C21H19ClN4O3. The molecule has 1 aromatic heterocycles. The lowest BCUT2D eigenvalue weighted by Gasteiger charge is -2.09. The van der Waals surface area contributed by atoms with Crippen LogP contribution in [0.5, 0.6) is 0 Å². The van der Waals surface area contributed by atoms with Crippen LogP contribution < -0.4 is 5.43 Å². The van der Waals surface area contributed by atoms with Crippen molar-refractivity contribution in [3.8, 4) is 5.69 Å². The van der Waals surface area contributed by atoms with Gasteiger partial charge in [0.15, 0.2) is 0 Å². The van der Waals surface area contributed by atoms with E-state index in [0.717, 1.165) is 28.2 Å². The number of aromatic nitrogens is 1. The summed E-state index contributed by atoms with van der Waals surface area (Å²) in [6, 6.07) is 13.4. The van der Waals surface area contributed by atoms with Gasteiger partial charge in [-0.3, -0.25) is 14.9 Å². The summed E-state index contributed by atoms with van der Waals surface area (Å²) in [7, 11) is 0. The summed E-state index contributed by atoms with van der Waals surface area (Å²) in [5.74, 6) is -0.393. The predicted molar refractivity (Wildman–Crippen MR) is 113 cm³/mol. The maximum Gasteiger partial charge on any atom is 0.272 e. The minimum atomic E-state index is -0.430. The Labute approximate surface area is 172 Å². The van der Waals surface area contributed by atoms with Crippen LogP contribution in [0.25, 0.3) is 5.69 Å². The minimum Gasteiger partial charge on any atom is -0.318 e. The van der Waals surface area contributed by atoms with E-state index in [1.54, 1.807) is 30.5 Å². The fourth-order valence-corrected chi connectivity index (χ4v) is 3.38. The summed E-state index contributed by atoms with van der Waals surface area (Å²) in [4.78, 5) is 22.7. The van der Waals surface area contributed by atoms with Crippen molar-refractivity contribution in [3.63, 3.8) is 0 Å². The van der Waals surface area contributed by atoms with Crippen LogP contribution in [-0.4, -0.2) is 21.6 Å². The summed E-state index contributed by atoms with van der Waals surface area (Å²) in [5, 5.41) is 15.3. The summed E-state index contributed by atoms with van der Waals surface area (Å²) in [5.41, 5.74) is 7.29. The summed E-state index contributed by atoms with van der Waals surface area (Å²) in [6.45, 7) is 5.73. The molecule has 1 N–H and O–H groups in total. The van der Waals surface area contributed by atoms with E-state index >= 15 is 0 Å². The second kappa shape index (κ2) is 8.28. The quantitative estimate of drug-likeness (QED) is 0.374. The number of hydrogen-bond acceptors (Lipinski definition) is 4. The van der Waals surface area contributed by atoms with Crippen molar-refractivity contribution in [1.29, 1.82) is 0 Å². The van der Waals surface area contributed by atoms with E-state index < -0.39 is 10.8 Å². The van der Waals surface area contributed by atoms with E-state index in [-0.39, 0.29) is 5.69 Å². The fraction of sp³-hybridized carbons (Fsp3) is 0.143. The Bertz CT molecular complexity index is 1120. The van der Waals surface area contributed by atoms with Crippen LogP contribution in [0.3, 0.4) is 0 Å². The molecule has 0 aliphatic heterocycles. The molecule has 0 radical (unpaired) electrons. The monoisotopic (exact) mass is 410 g/mol. The number of nitrogens with zero attached hydrogens (tertiary/aromatic N) is 3. The molecule has 1 amide bonds. The highest BCUT2D eigenvalue weighted by molar-refractivity contribution is 6.33. The van der Waals surface area contributed by atoms with Gasteiger partial charge in [0, 0.05) is 34.8 Å². The molecule has 2 aromatic carbocycles. The van der Waals surface area contributed by atoms with E-state index in [9.17, 15) is 14.9 Å². The van der Waals surface area contributed by atoms with Crippen LogP contribution in [0.4, 0.5) is 5.69 Å². The minimum absolute atomic E-state index is 0.0375. The average Bonchev–Trinajstić information content (AvgIpc) is 2.95. The largest absolute Gasteiger partial charge is 0.318 e. The number of benzene rings is 2. The van der Waals surface area contributed by atoms with Crippen LogP contribution in [0.1, 0.15) is 32.9 Å². The molecule has 148 valence electrons. The van der Waals surface area contributed by atoms with Gasteiger partial charge in [-0.1, -0.05) is 17.7 Å². The summed E-state index contributed by atoms with van der Waals surface area (Å²) < 4.78 is 1.96. The molecule has 0 bridgehead atoms. The second-order valence-electron chi connectivity index (χ2n) is 6.62. The molecule has 0 spiro atoms. The van der Waals surface area contributed by atoms with Gasteiger partial charge in [0.1, 0.15) is 0 Å². The van der Waals surface area contributed by atoms with Gasteiger partial charge < -0.3 is 4.57 Å². The number of non-ortho nitro benzene ring substituents is 1. The number of hydrazone groups is 1. The average molecular weight is 411 g/mol. The number of carbonyl (C=O) groups excluding carboxylic acids is 1. The predicted octanol–water partition coefficient (Wildman–Crippen LogP) is 4.73. The first kappa shape index (κ1) is 20.3. The van der Waals surface area contributed by atoms with Crippen LogP contribution >= 0.6 is 11.6 Å². The third-order valence-electron chi connectivity index (χ3n) is 4.53. The third-order valence-corrected chi connectivity index (χ3v) is 4.84. The van der Waals surface area contributed by atoms with Crippen LogP contribution in [0.15, 0.2) is 53.6 Å². The van der Waals surface area contributed by atoms with Gasteiger partial charge in [0.2, 0.25) is 0 Å². The molecule has 0 saturated heterocycles. The first-order chi connectivity index (χ1) is 13.8. The maximum absolute atomic E-state index is 12.3. The van der Waals surface area contributed by atoms with Crippen molar-refractivity contribution < 1.29 is 9.72 Å². The molecule has 7 nitrogen and oxygen atoms in total. The number of aryl methyl sites for hydroxylation is 2. The zero-order chi connectivity index (χ0) is 21.1. The topological polar surface area (TPSA) is 89.5 Å². The number of nitrogens with one attached hydrogen (secondary N) is 1. The molecule has 29 heavy (non-hydrogen) atoms. The van der Waals surface area contributed by atoms with Gasteiger partial charge in [0.05, 0.1) is 21.7 Å². The van der Waals surface area contributed by atoms with Gasteiger partial charge >= 0.3 is 0 Å². The molecule has 0 atom stereocenters. The van der Waals surface area contributed by atoms with Gasteiger partial charge in [-0.25, -0.2) is 5.43 Å². The number of nitro benzene ring substituents is 1. The van der Waals surface area contributed by atoms with E-state index in [0.29, 0.717) is 10.6 Å². The molecule has 0 saturated carbocycles. The first-order valence-corrected chi connectivity index (χ1v) is 9.19. The molecule has 1 heterocycles. The smallest absolute Gasteiger partial charge is 0.272 e. The van der Waals surface area contributed by atoms with Crippen molar-refractivity contribution in [2.45, 2.75) is 20.8 Å². The molecule has 8 heteroatoms. The SMILES string of the molecule is Cc1ccc(C(=O)N/N=C\c2cc(C)n(-c3ccc([N+](=O)[O-])cc3)c2C)c(Cl)c1. The lowest BCUT2D eigenvalue weighted by molar-refractivity contribution is -0.384. The van der Waals surface area contributed by atoms with Crippen LogP contribution in [0, 0.1) is 30.9 Å². The van der Waals surface area contributed by atoms with Crippen molar-refractivity contribution in [2.75, 3.05) is 0 Å². The Morgan fingerprint density at radius 3 is 2.45 bits per heavy atom. The van der Waals surface area contributed by atoms with E-state index in [2.05, 4.69) is 10.5 Å². The Hall–Kier alpha value is -3.45. The number of halogens is 1. The van der Waals surface area contributed by atoms with Crippen LogP contribution in [-0.2, 0) is 0 Å². The molecule has 0 aliphatic rings. The van der Waals surface area contributed by atoms with Crippen molar-refractivity contribution in [1.82, 2.24) is 9.99 Å². The van der Waals surface area contributed by atoms with Gasteiger partial charge in [0.25, 0.3) is 11.6 Å². The fourth-order valence-electron chi connectivity index (χ4n) is 3.06. The third kappa shape index (κ3) is 4.35. The molecule has 0 unspecified atom stereocenters. The Morgan fingerprint density at radius 2 is 1.83 bits per heavy atom. The highest BCUT2D eigenvalue weighted by Crippen LogP contribution is 2.22. The normalized spacial score (nSPS) is 11.0. The van der Waals surface area contributed by atoms with Gasteiger partial charge in [-0.15, -0.1) is 0 Å². The number of hydrogen-bond donors (Lipinski definition) is 1. The lowest BCUT2D eigenvalue weighted by atomic mass is 10.1. The zero-order valence-electron chi connectivity index (χ0n) is 16.1. The number of amides is 1. The van der Waals surface area contributed by atoms with Gasteiger partial charge in [-0.05, 0) is 56.7 Å². The molecule has 0 aliphatic carbocycles. The van der Waals surface area contributed by atoms with Crippen LogP contribution in [0.2, 0.25) is 5.02 Å². The summed E-state index contributed by atoms with van der Waals surface area (Å²) in [6.07, 6.45) is 1.56. The van der Waals surface area contributed by atoms with Crippen molar-refractivity contribution >= 4 is 29.4 Å². The number of rotatable bonds is 5. The molecule has 3 aromatic rings. The maximum atomic E-state index is 12.3. The first-order valence-electron chi connectivity index (χ1n) is 8.81. The standard InChI is InChI=1S/C21H19ClN4O3/c1-13-4-9-19(20(22)10-13)21(27)24-23-12-16-11-14(2)25(15(16)3)17-5-7-18(8-6-17)26(28)29/h4-12H,1-3H3,(H,24,27)/b23-12-. The highest BCUT2D eigenvalue weighted by Gasteiger charge is 2.12. The van der Waals surface area contributed by atoms with E-state index in [1.165, 1.54) is 12.1 Å². The van der Waals surface area contributed by atoms with E-state index in [1.807, 2.05) is 37.5 Å². The molecule has 3 rings (SSSR count). The Kier molecular flexibility index (Phi) is 5.79. The molecule has 0 fully saturated rings. The Morgan fingerprint density at radius 1 is 1.14 bits per heavy atom. The van der Waals surface area contributed by atoms with Gasteiger partial charge in [-0.2, -0.15) is 5.10 Å². The summed E-state index contributed by atoms with van der Waals surface area (Å²) >= 11 is 6.11.